The predicted molar refractivity (Wildman–Crippen MR) is 108 cm³/mol. The number of pyridine rings is 1. The molecule has 2 aromatic heterocycles. The third-order valence-corrected chi connectivity index (χ3v) is 6.08. The van der Waals surface area contributed by atoms with Crippen molar-refractivity contribution in [2.45, 2.75) is 36.9 Å². The second-order valence-electron chi connectivity index (χ2n) is 7.31. The normalized spacial score (nSPS) is 14.4. The van der Waals surface area contributed by atoms with E-state index in [1.54, 1.807) is 11.9 Å². The van der Waals surface area contributed by atoms with Gasteiger partial charge in [0.15, 0.2) is 0 Å². The zero-order valence-electron chi connectivity index (χ0n) is 16.5. The van der Waals surface area contributed by atoms with Crippen LogP contribution < -0.4 is 4.90 Å². The lowest BCUT2D eigenvalue weighted by Crippen LogP contribution is -2.14. The molecule has 3 heterocycles. The van der Waals surface area contributed by atoms with E-state index in [2.05, 4.69) is 9.97 Å². The Bertz CT molecular complexity index is 1200. The Morgan fingerprint density at radius 3 is 2.55 bits per heavy atom. The Balaban J connectivity index is 1.80. The highest BCUT2D eigenvalue weighted by molar-refractivity contribution is 7.85. The van der Waals surface area contributed by atoms with Gasteiger partial charge in [0.2, 0.25) is 0 Å². The lowest BCUT2D eigenvalue weighted by atomic mass is 10.1. The van der Waals surface area contributed by atoms with E-state index in [4.69, 9.17) is 0 Å². The number of aryl methyl sites for hydroxylation is 2. The predicted octanol–water partition coefficient (Wildman–Crippen LogP) is 4.31. The average Bonchev–Trinajstić information content (AvgIpc) is 3.16. The quantitative estimate of drug-likeness (QED) is 0.594. The molecule has 0 saturated heterocycles. The van der Waals surface area contributed by atoms with Gasteiger partial charge in [0.05, 0.1) is 21.8 Å². The van der Waals surface area contributed by atoms with Crippen LogP contribution in [0.1, 0.15) is 24.2 Å². The molecule has 1 aliphatic heterocycles. The maximum Gasteiger partial charge on any atom is 0.417 e. The molecule has 1 aromatic carbocycles. The molecule has 11 heteroatoms. The number of imidazole rings is 1. The molecular weight excluding hydrogens is 433 g/mol. The number of nitrogens with zero attached hydrogens (tertiary/aromatic N) is 4. The van der Waals surface area contributed by atoms with E-state index in [9.17, 15) is 26.1 Å². The molecule has 4 rings (SSSR count). The molecule has 0 atom stereocenters. The number of benzene rings is 1. The number of rotatable bonds is 4. The minimum Gasteiger partial charge on any atom is -0.334 e. The average molecular weight is 452 g/mol. The van der Waals surface area contributed by atoms with Gasteiger partial charge in [-0.05, 0) is 43.2 Å². The van der Waals surface area contributed by atoms with Crippen LogP contribution in [0.3, 0.4) is 0 Å². The highest BCUT2D eigenvalue weighted by Crippen LogP contribution is 2.36. The van der Waals surface area contributed by atoms with Crippen LogP contribution in [0.2, 0.25) is 0 Å². The van der Waals surface area contributed by atoms with Crippen LogP contribution in [0, 0.1) is 0 Å². The van der Waals surface area contributed by atoms with Crippen molar-refractivity contribution in [1.82, 2.24) is 14.5 Å². The lowest BCUT2D eigenvalue weighted by molar-refractivity contribution is -0.137. The van der Waals surface area contributed by atoms with Crippen molar-refractivity contribution < 1.29 is 26.1 Å². The van der Waals surface area contributed by atoms with Crippen molar-refractivity contribution in [2.75, 3.05) is 11.9 Å². The summed E-state index contributed by atoms with van der Waals surface area (Å²) in [4.78, 5) is 9.77. The molecule has 0 bridgehead atoms. The highest BCUT2D eigenvalue weighted by Gasteiger charge is 2.31. The molecule has 164 valence electrons. The van der Waals surface area contributed by atoms with Gasteiger partial charge < -0.3 is 9.47 Å². The van der Waals surface area contributed by atoms with E-state index in [0.717, 1.165) is 43.9 Å². The van der Waals surface area contributed by atoms with Crippen LogP contribution in [0.15, 0.2) is 47.6 Å². The minimum atomic E-state index is -4.50. The van der Waals surface area contributed by atoms with Crippen LogP contribution in [-0.2, 0) is 29.3 Å². The van der Waals surface area contributed by atoms with Crippen LogP contribution >= 0.6 is 0 Å². The van der Waals surface area contributed by atoms with Crippen molar-refractivity contribution >= 4 is 21.6 Å². The summed E-state index contributed by atoms with van der Waals surface area (Å²) in [5, 5.41) is 0. The molecule has 0 saturated carbocycles. The largest absolute Gasteiger partial charge is 0.417 e. The molecule has 0 radical (unpaired) electrons. The third kappa shape index (κ3) is 4.28. The summed E-state index contributed by atoms with van der Waals surface area (Å²) >= 11 is 0. The fraction of sp³-hybridized carbons (Fsp3) is 0.300. The third-order valence-electron chi connectivity index (χ3n) is 5.23. The molecule has 1 N–H and O–H groups in total. The standard InChI is InChI=1S/C20H19F3N4O3S/c1-26(18-8-5-13(11-24-18)20(21,22)23)17-7-6-14(31(28,29)30)10-15(17)16-12-27-9-3-2-4-19(27)25-16/h5-8,10-12H,2-4,9H2,1H3,(H,28,29,30). The van der Waals surface area contributed by atoms with Gasteiger partial charge in [-0.15, -0.1) is 0 Å². The summed E-state index contributed by atoms with van der Waals surface area (Å²) < 4.78 is 73.4. The topological polar surface area (TPSA) is 88.3 Å². The van der Waals surface area contributed by atoms with Gasteiger partial charge in [-0.25, -0.2) is 9.97 Å². The zero-order valence-corrected chi connectivity index (χ0v) is 17.3. The van der Waals surface area contributed by atoms with Gasteiger partial charge in [-0.1, -0.05) is 0 Å². The Labute approximate surface area is 176 Å². The lowest BCUT2D eigenvalue weighted by Gasteiger charge is -2.22. The maximum atomic E-state index is 12.9. The number of alkyl halides is 3. The fourth-order valence-electron chi connectivity index (χ4n) is 3.59. The number of halogens is 3. The Hall–Kier alpha value is -2.92. The maximum absolute atomic E-state index is 12.9. The Morgan fingerprint density at radius 1 is 1.16 bits per heavy atom. The first-order valence-corrected chi connectivity index (χ1v) is 10.9. The number of hydrogen-bond acceptors (Lipinski definition) is 5. The summed E-state index contributed by atoms with van der Waals surface area (Å²) in [6, 6.07) is 6.17. The molecule has 0 spiro atoms. The first-order chi connectivity index (χ1) is 14.5. The first-order valence-electron chi connectivity index (χ1n) is 9.49. The van der Waals surface area contributed by atoms with Crippen molar-refractivity contribution in [1.29, 1.82) is 0 Å². The summed E-state index contributed by atoms with van der Waals surface area (Å²) in [6.45, 7) is 0.798. The molecular formula is C20H19F3N4O3S. The highest BCUT2D eigenvalue weighted by atomic mass is 32.2. The van der Waals surface area contributed by atoms with Crippen molar-refractivity contribution in [2.24, 2.45) is 0 Å². The van der Waals surface area contributed by atoms with Crippen LogP contribution in [0.25, 0.3) is 11.3 Å². The molecule has 0 aliphatic carbocycles. The molecule has 3 aromatic rings. The second kappa shape index (κ2) is 7.65. The monoisotopic (exact) mass is 452 g/mol. The number of aromatic nitrogens is 3. The SMILES string of the molecule is CN(c1ccc(C(F)(F)F)cn1)c1ccc(S(=O)(=O)O)cc1-c1cn2c(n1)CCCC2. The van der Waals surface area contributed by atoms with Crippen LogP contribution in [-0.4, -0.2) is 34.6 Å². The number of fused-ring (bicyclic) bond motifs is 1. The van der Waals surface area contributed by atoms with Crippen molar-refractivity contribution in [3.05, 3.63) is 54.1 Å². The second-order valence-corrected chi connectivity index (χ2v) is 8.73. The van der Waals surface area contributed by atoms with E-state index in [1.807, 2.05) is 10.8 Å². The van der Waals surface area contributed by atoms with Gasteiger partial charge in [0.1, 0.15) is 11.6 Å². The molecule has 7 nitrogen and oxygen atoms in total. The smallest absolute Gasteiger partial charge is 0.334 e. The summed E-state index contributed by atoms with van der Waals surface area (Å²) in [5.41, 5.74) is 0.542. The molecule has 0 amide bonds. The van der Waals surface area contributed by atoms with E-state index < -0.39 is 21.9 Å². The van der Waals surface area contributed by atoms with E-state index in [1.165, 1.54) is 24.3 Å². The van der Waals surface area contributed by atoms with Gasteiger partial charge in [-0.2, -0.15) is 21.6 Å². The molecule has 0 fully saturated rings. The summed E-state index contributed by atoms with van der Waals surface area (Å²) in [5.74, 6) is 1.11. The van der Waals surface area contributed by atoms with Crippen LogP contribution in [0.5, 0.6) is 0 Å². The van der Waals surface area contributed by atoms with E-state index >= 15 is 0 Å². The minimum absolute atomic E-state index is 0.234. The molecule has 1 aliphatic rings. The van der Waals surface area contributed by atoms with Crippen LogP contribution in [0.4, 0.5) is 24.7 Å². The van der Waals surface area contributed by atoms with E-state index in [-0.39, 0.29) is 10.7 Å². The molecule has 31 heavy (non-hydrogen) atoms. The van der Waals surface area contributed by atoms with E-state index in [0.29, 0.717) is 16.9 Å². The van der Waals surface area contributed by atoms with Crippen molar-refractivity contribution in [3.8, 4) is 11.3 Å². The summed E-state index contributed by atoms with van der Waals surface area (Å²) in [7, 11) is -2.85. The van der Waals surface area contributed by atoms with Gasteiger partial charge in [0, 0.05) is 38.0 Å². The fourth-order valence-corrected chi connectivity index (χ4v) is 4.10. The zero-order chi connectivity index (χ0) is 22.4. The van der Waals surface area contributed by atoms with Crippen molar-refractivity contribution in [3.63, 3.8) is 0 Å². The Kier molecular flexibility index (Phi) is 5.26. The number of hydrogen-bond donors (Lipinski definition) is 1. The van der Waals surface area contributed by atoms with Gasteiger partial charge in [-0.3, -0.25) is 4.55 Å². The molecule has 0 unspecified atom stereocenters. The summed E-state index contributed by atoms with van der Waals surface area (Å²) in [6.07, 6.45) is 0.869. The first kappa shape index (κ1) is 21.3. The van der Waals surface area contributed by atoms with Gasteiger partial charge >= 0.3 is 6.18 Å². The Morgan fingerprint density at radius 2 is 1.94 bits per heavy atom. The van der Waals surface area contributed by atoms with Gasteiger partial charge in [0.25, 0.3) is 10.1 Å². The number of anilines is 2.